The van der Waals surface area contributed by atoms with Gasteiger partial charge in [0.2, 0.25) is 11.8 Å². The molecule has 2 amide bonds. The number of hydrogen-bond donors (Lipinski definition) is 1. The Morgan fingerprint density at radius 1 is 1.35 bits per heavy atom. The van der Waals surface area contributed by atoms with Gasteiger partial charge in [-0.3, -0.25) is 14.3 Å². The van der Waals surface area contributed by atoms with E-state index in [4.69, 9.17) is 0 Å². The predicted octanol–water partition coefficient (Wildman–Crippen LogP) is 0.500. The number of nitrogens with zero attached hydrogens (tertiary/aromatic N) is 3. The van der Waals surface area contributed by atoms with Gasteiger partial charge in [-0.2, -0.15) is 5.10 Å². The Morgan fingerprint density at radius 3 is 2.65 bits per heavy atom. The smallest absolute Gasteiger partial charge is 0.249 e. The summed E-state index contributed by atoms with van der Waals surface area (Å²) in [6.07, 6.45) is 3.53. The van der Waals surface area contributed by atoms with E-state index in [1.165, 1.54) is 0 Å². The Labute approximate surface area is 118 Å². The van der Waals surface area contributed by atoms with Gasteiger partial charge in [0, 0.05) is 7.05 Å². The molecule has 2 fully saturated rings. The number of rotatable bonds is 2. The molecule has 108 valence electrons. The van der Waals surface area contributed by atoms with Gasteiger partial charge in [-0.25, -0.2) is 0 Å². The van der Waals surface area contributed by atoms with E-state index in [1.807, 2.05) is 20.0 Å². The molecule has 6 nitrogen and oxygen atoms in total. The second kappa shape index (κ2) is 4.61. The maximum atomic E-state index is 12.7. The average Bonchev–Trinajstić information content (AvgIpc) is 2.94. The highest BCUT2D eigenvalue weighted by atomic mass is 16.2. The molecule has 2 aliphatic rings. The van der Waals surface area contributed by atoms with Crippen molar-refractivity contribution in [1.29, 1.82) is 0 Å². The third kappa shape index (κ3) is 2.09. The van der Waals surface area contributed by atoms with E-state index in [0.717, 1.165) is 37.1 Å². The molecule has 3 rings (SSSR count). The first-order valence-electron chi connectivity index (χ1n) is 7.10. The van der Waals surface area contributed by atoms with Crippen LogP contribution in [0.25, 0.3) is 0 Å². The molecule has 1 saturated heterocycles. The molecule has 1 spiro atoms. The largest absolute Gasteiger partial charge is 0.340 e. The maximum Gasteiger partial charge on any atom is 0.249 e. The number of aryl methyl sites for hydroxylation is 2. The monoisotopic (exact) mass is 276 g/mol. The van der Waals surface area contributed by atoms with E-state index >= 15 is 0 Å². The normalized spacial score (nSPS) is 21.6. The van der Waals surface area contributed by atoms with Gasteiger partial charge in [0.25, 0.3) is 0 Å². The van der Waals surface area contributed by atoms with Crippen molar-refractivity contribution in [3.8, 4) is 0 Å². The van der Waals surface area contributed by atoms with Crippen molar-refractivity contribution in [2.75, 3.05) is 6.54 Å². The van der Waals surface area contributed by atoms with Gasteiger partial charge in [0.1, 0.15) is 12.1 Å². The molecule has 2 heterocycles. The molecule has 6 heteroatoms. The molecular formula is C14H20N4O2. The lowest BCUT2D eigenvalue weighted by molar-refractivity contribution is -0.150. The topological polar surface area (TPSA) is 67.2 Å². The lowest BCUT2D eigenvalue weighted by atomic mass is 9.93. The minimum absolute atomic E-state index is 0.0506. The Kier molecular flexibility index (Phi) is 3.03. The molecule has 20 heavy (non-hydrogen) atoms. The van der Waals surface area contributed by atoms with Crippen LogP contribution < -0.4 is 5.32 Å². The van der Waals surface area contributed by atoms with E-state index in [1.54, 1.807) is 9.58 Å². The van der Waals surface area contributed by atoms with Crippen molar-refractivity contribution in [2.24, 2.45) is 7.05 Å². The average molecular weight is 276 g/mol. The quantitative estimate of drug-likeness (QED) is 0.855. The second-order valence-electron chi connectivity index (χ2n) is 5.90. The lowest BCUT2D eigenvalue weighted by Crippen LogP contribution is -2.65. The van der Waals surface area contributed by atoms with Crippen LogP contribution in [0.1, 0.15) is 37.1 Å². The van der Waals surface area contributed by atoms with E-state index in [0.29, 0.717) is 6.54 Å². The SMILES string of the molecule is Cc1cc(CN2CC(=O)NC3(CCCC3)C2=O)n(C)n1. The summed E-state index contributed by atoms with van der Waals surface area (Å²) in [5.74, 6) is 0.0128. The third-order valence-electron chi connectivity index (χ3n) is 4.32. The third-order valence-corrected chi connectivity index (χ3v) is 4.32. The standard InChI is InChI=1S/C14H20N4O2/c1-10-7-11(17(2)16-10)8-18-9-12(19)15-14(13(18)20)5-3-4-6-14/h7H,3-6,8-9H2,1-2H3,(H,15,19). The van der Waals surface area contributed by atoms with Gasteiger partial charge in [0.05, 0.1) is 17.9 Å². The highest BCUT2D eigenvalue weighted by molar-refractivity contribution is 5.98. The molecular weight excluding hydrogens is 256 g/mol. The van der Waals surface area contributed by atoms with Crippen LogP contribution in [-0.4, -0.2) is 38.6 Å². The maximum absolute atomic E-state index is 12.7. The summed E-state index contributed by atoms with van der Waals surface area (Å²) in [7, 11) is 1.86. The zero-order valence-electron chi connectivity index (χ0n) is 12.0. The van der Waals surface area contributed by atoms with Crippen LogP contribution in [-0.2, 0) is 23.2 Å². The number of carbonyl (C=O) groups is 2. The minimum atomic E-state index is -0.636. The summed E-state index contributed by atoms with van der Waals surface area (Å²) in [4.78, 5) is 26.3. The highest BCUT2D eigenvalue weighted by Crippen LogP contribution is 2.33. The molecule has 0 radical (unpaired) electrons. The van der Waals surface area contributed by atoms with Gasteiger partial charge in [-0.15, -0.1) is 0 Å². The summed E-state index contributed by atoms with van der Waals surface area (Å²) >= 11 is 0. The molecule has 0 bridgehead atoms. The number of carbonyl (C=O) groups excluding carboxylic acids is 2. The molecule has 1 N–H and O–H groups in total. The fourth-order valence-electron chi connectivity index (χ4n) is 3.36. The number of hydrogen-bond acceptors (Lipinski definition) is 3. The summed E-state index contributed by atoms with van der Waals surface area (Å²) in [6.45, 7) is 2.52. The predicted molar refractivity (Wildman–Crippen MR) is 72.7 cm³/mol. The second-order valence-corrected chi connectivity index (χ2v) is 5.90. The molecule has 0 aromatic carbocycles. The van der Waals surface area contributed by atoms with Crippen molar-refractivity contribution in [3.63, 3.8) is 0 Å². The van der Waals surface area contributed by atoms with E-state index in [2.05, 4.69) is 10.4 Å². The van der Waals surface area contributed by atoms with Crippen LogP contribution in [0.2, 0.25) is 0 Å². The van der Waals surface area contributed by atoms with Crippen LogP contribution in [0.3, 0.4) is 0 Å². The lowest BCUT2D eigenvalue weighted by Gasteiger charge is -2.39. The van der Waals surface area contributed by atoms with Gasteiger partial charge >= 0.3 is 0 Å². The van der Waals surface area contributed by atoms with Crippen molar-refractivity contribution in [3.05, 3.63) is 17.5 Å². The molecule has 0 unspecified atom stereocenters. The summed E-state index contributed by atoms with van der Waals surface area (Å²) in [6, 6.07) is 1.96. The van der Waals surface area contributed by atoms with Crippen LogP contribution in [0.4, 0.5) is 0 Å². The van der Waals surface area contributed by atoms with Crippen molar-refractivity contribution >= 4 is 11.8 Å². The van der Waals surface area contributed by atoms with Crippen LogP contribution in [0.5, 0.6) is 0 Å². The molecule has 1 aliphatic heterocycles. The van der Waals surface area contributed by atoms with Gasteiger partial charge in [-0.1, -0.05) is 12.8 Å². The Balaban J connectivity index is 1.83. The first-order chi connectivity index (χ1) is 9.50. The van der Waals surface area contributed by atoms with Crippen molar-refractivity contribution < 1.29 is 9.59 Å². The van der Waals surface area contributed by atoms with Gasteiger partial charge < -0.3 is 10.2 Å². The molecule has 1 aromatic heterocycles. The first-order valence-corrected chi connectivity index (χ1v) is 7.10. The van der Waals surface area contributed by atoms with Gasteiger partial charge in [-0.05, 0) is 25.8 Å². The molecule has 1 saturated carbocycles. The zero-order valence-corrected chi connectivity index (χ0v) is 12.0. The van der Waals surface area contributed by atoms with E-state index < -0.39 is 5.54 Å². The van der Waals surface area contributed by atoms with Crippen molar-refractivity contribution in [1.82, 2.24) is 20.0 Å². The van der Waals surface area contributed by atoms with Crippen LogP contribution >= 0.6 is 0 Å². The van der Waals surface area contributed by atoms with E-state index in [-0.39, 0.29) is 18.4 Å². The Bertz CT molecular complexity index is 558. The minimum Gasteiger partial charge on any atom is -0.340 e. The summed E-state index contributed by atoms with van der Waals surface area (Å²) in [5, 5.41) is 7.21. The first kappa shape index (κ1) is 13.1. The van der Waals surface area contributed by atoms with Gasteiger partial charge in [0.15, 0.2) is 0 Å². The Hall–Kier alpha value is -1.85. The number of aromatic nitrogens is 2. The Morgan fingerprint density at radius 2 is 2.05 bits per heavy atom. The number of piperazine rings is 1. The summed E-state index contributed by atoms with van der Waals surface area (Å²) < 4.78 is 1.77. The number of nitrogens with one attached hydrogen (secondary N) is 1. The zero-order chi connectivity index (χ0) is 14.3. The molecule has 0 atom stereocenters. The fourth-order valence-corrected chi connectivity index (χ4v) is 3.36. The fraction of sp³-hybridized carbons (Fsp3) is 0.643. The van der Waals surface area contributed by atoms with Crippen LogP contribution in [0, 0.1) is 6.92 Å². The van der Waals surface area contributed by atoms with E-state index in [9.17, 15) is 9.59 Å². The highest BCUT2D eigenvalue weighted by Gasteiger charge is 2.48. The van der Waals surface area contributed by atoms with Crippen LogP contribution in [0.15, 0.2) is 6.07 Å². The number of amides is 2. The molecule has 1 aliphatic carbocycles. The summed E-state index contributed by atoms with van der Waals surface area (Å²) in [5.41, 5.74) is 1.24. The van der Waals surface area contributed by atoms with Crippen molar-refractivity contribution in [2.45, 2.75) is 44.7 Å². The molecule has 1 aromatic rings.